The number of hydrogen-bond donors (Lipinski definition) is 0. The molecule has 1 heterocycles. The number of benzene rings is 3. The number of rotatable bonds is 4. The first-order valence-electron chi connectivity index (χ1n) is 8.09. The van der Waals surface area contributed by atoms with Crippen LogP contribution in [0.3, 0.4) is 0 Å². The number of hydrogen-bond acceptors (Lipinski definition) is 2. The minimum Gasteiger partial charge on any atom is -0.497 e. The monoisotopic (exact) mass is 332 g/mol. The van der Waals surface area contributed by atoms with Gasteiger partial charge >= 0.3 is 0 Å². The Morgan fingerprint density at radius 1 is 0.960 bits per heavy atom. The van der Waals surface area contributed by atoms with Crippen LogP contribution in [0.5, 0.6) is 5.75 Å². The van der Waals surface area contributed by atoms with Gasteiger partial charge in [-0.2, -0.15) is 0 Å². The van der Waals surface area contributed by atoms with Gasteiger partial charge in [0.1, 0.15) is 17.4 Å². The third-order valence-electron chi connectivity index (χ3n) is 4.24. The van der Waals surface area contributed by atoms with E-state index in [4.69, 9.17) is 9.72 Å². The second-order valence-electron chi connectivity index (χ2n) is 5.87. The van der Waals surface area contributed by atoms with Gasteiger partial charge in [-0.1, -0.05) is 36.4 Å². The molecule has 124 valence electrons. The molecular weight excluding hydrogens is 315 g/mol. The van der Waals surface area contributed by atoms with Crippen LogP contribution in [0.15, 0.2) is 72.8 Å². The Bertz CT molecular complexity index is 1020. The first kappa shape index (κ1) is 15.4. The normalized spacial score (nSPS) is 11.0. The van der Waals surface area contributed by atoms with E-state index in [9.17, 15) is 4.39 Å². The fourth-order valence-corrected chi connectivity index (χ4v) is 2.99. The van der Waals surface area contributed by atoms with Gasteiger partial charge in [-0.3, -0.25) is 0 Å². The summed E-state index contributed by atoms with van der Waals surface area (Å²) in [5.41, 5.74) is 3.98. The van der Waals surface area contributed by atoms with Crippen molar-refractivity contribution in [3.05, 3.63) is 84.2 Å². The summed E-state index contributed by atoms with van der Waals surface area (Å²) >= 11 is 0. The molecule has 0 aliphatic rings. The van der Waals surface area contributed by atoms with Crippen molar-refractivity contribution in [2.45, 2.75) is 6.54 Å². The zero-order valence-corrected chi connectivity index (χ0v) is 13.8. The van der Waals surface area contributed by atoms with Crippen molar-refractivity contribution in [2.24, 2.45) is 0 Å². The summed E-state index contributed by atoms with van der Waals surface area (Å²) in [6.45, 7) is 0.618. The first-order chi connectivity index (χ1) is 12.2. The number of methoxy groups -OCH3 is 1. The van der Waals surface area contributed by atoms with E-state index in [1.165, 1.54) is 12.1 Å². The van der Waals surface area contributed by atoms with Crippen LogP contribution in [0.25, 0.3) is 22.4 Å². The second-order valence-corrected chi connectivity index (χ2v) is 5.87. The second kappa shape index (κ2) is 6.40. The number of fused-ring (bicyclic) bond motifs is 1. The lowest BCUT2D eigenvalue weighted by atomic mass is 10.2. The smallest absolute Gasteiger partial charge is 0.141 e. The predicted octanol–water partition coefficient (Wildman–Crippen LogP) is 4.90. The van der Waals surface area contributed by atoms with Crippen LogP contribution in [-0.2, 0) is 6.54 Å². The Labute approximate surface area is 145 Å². The number of nitrogens with zero attached hydrogens (tertiary/aromatic N) is 2. The lowest BCUT2D eigenvalue weighted by molar-refractivity contribution is 0.415. The van der Waals surface area contributed by atoms with Crippen LogP contribution >= 0.6 is 0 Å². The standard InChI is InChI=1S/C21H17FN2O/c1-25-18-6-4-5-16(13-18)21-23-19-7-2-3-8-20(19)24(21)14-15-9-11-17(22)12-10-15/h2-13H,14H2,1H3. The predicted molar refractivity (Wildman–Crippen MR) is 97.2 cm³/mol. The summed E-state index contributed by atoms with van der Waals surface area (Å²) in [5, 5.41) is 0. The molecule has 3 nitrogen and oxygen atoms in total. The fraction of sp³-hybridized carbons (Fsp3) is 0.0952. The van der Waals surface area contributed by atoms with Gasteiger partial charge in [0, 0.05) is 12.1 Å². The number of aromatic nitrogens is 2. The molecule has 0 unspecified atom stereocenters. The maximum absolute atomic E-state index is 13.2. The van der Waals surface area contributed by atoms with Crippen LogP contribution in [-0.4, -0.2) is 16.7 Å². The molecule has 4 heteroatoms. The van der Waals surface area contributed by atoms with Crippen LogP contribution in [0.1, 0.15) is 5.56 Å². The summed E-state index contributed by atoms with van der Waals surface area (Å²) in [6, 6.07) is 22.5. The number of para-hydroxylation sites is 2. The van der Waals surface area contributed by atoms with Crippen LogP contribution in [0.2, 0.25) is 0 Å². The van der Waals surface area contributed by atoms with E-state index in [1.807, 2.05) is 42.5 Å². The highest BCUT2D eigenvalue weighted by Gasteiger charge is 2.13. The summed E-state index contributed by atoms with van der Waals surface area (Å²) < 4.78 is 20.7. The van der Waals surface area contributed by atoms with Crippen LogP contribution < -0.4 is 4.74 Å². The molecule has 0 saturated heterocycles. The van der Waals surface area contributed by atoms with E-state index >= 15 is 0 Å². The molecule has 0 saturated carbocycles. The van der Waals surface area contributed by atoms with Crippen LogP contribution in [0.4, 0.5) is 4.39 Å². The van der Waals surface area contributed by atoms with Gasteiger partial charge in [0.2, 0.25) is 0 Å². The highest BCUT2D eigenvalue weighted by atomic mass is 19.1. The van der Waals surface area contributed by atoms with E-state index in [1.54, 1.807) is 19.2 Å². The Morgan fingerprint density at radius 3 is 2.56 bits per heavy atom. The first-order valence-corrected chi connectivity index (χ1v) is 8.09. The zero-order valence-electron chi connectivity index (χ0n) is 13.8. The molecule has 0 spiro atoms. The largest absolute Gasteiger partial charge is 0.497 e. The van der Waals surface area contributed by atoms with Gasteiger partial charge in [-0.15, -0.1) is 0 Å². The summed E-state index contributed by atoms with van der Waals surface area (Å²) in [4.78, 5) is 4.81. The van der Waals surface area contributed by atoms with Crippen molar-refractivity contribution >= 4 is 11.0 Å². The Hall–Kier alpha value is -3.14. The highest BCUT2D eigenvalue weighted by molar-refractivity contribution is 5.81. The van der Waals surface area contributed by atoms with Crippen molar-refractivity contribution < 1.29 is 9.13 Å². The summed E-state index contributed by atoms with van der Waals surface area (Å²) in [5.74, 6) is 1.43. The Kier molecular flexibility index (Phi) is 3.94. The minimum absolute atomic E-state index is 0.229. The Morgan fingerprint density at radius 2 is 1.76 bits per heavy atom. The molecule has 0 N–H and O–H groups in total. The molecule has 1 aromatic heterocycles. The van der Waals surface area contributed by atoms with Crippen molar-refractivity contribution in [3.8, 4) is 17.1 Å². The molecule has 0 aliphatic heterocycles. The van der Waals surface area contributed by atoms with Gasteiger partial charge in [-0.05, 0) is 42.0 Å². The van der Waals surface area contributed by atoms with Gasteiger partial charge < -0.3 is 9.30 Å². The van der Waals surface area contributed by atoms with Crippen molar-refractivity contribution in [1.29, 1.82) is 0 Å². The summed E-state index contributed by atoms with van der Waals surface area (Å²) in [7, 11) is 1.65. The highest BCUT2D eigenvalue weighted by Crippen LogP contribution is 2.28. The molecule has 25 heavy (non-hydrogen) atoms. The SMILES string of the molecule is COc1cccc(-c2nc3ccccc3n2Cc2ccc(F)cc2)c1. The molecule has 3 aromatic carbocycles. The number of halogens is 1. The van der Waals surface area contributed by atoms with Gasteiger partial charge in [0.05, 0.1) is 18.1 Å². The maximum Gasteiger partial charge on any atom is 0.141 e. The van der Waals surface area contributed by atoms with E-state index < -0.39 is 0 Å². The molecule has 0 bridgehead atoms. The quantitative estimate of drug-likeness (QED) is 0.531. The van der Waals surface area contributed by atoms with Crippen LogP contribution in [0, 0.1) is 5.82 Å². The lowest BCUT2D eigenvalue weighted by Crippen LogP contribution is -2.02. The average molecular weight is 332 g/mol. The molecule has 4 rings (SSSR count). The van der Waals surface area contributed by atoms with Crippen molar-refractivity contribution in [1.82, 2.24) is 9.55 Å². The third kappa shape index (κ3) is 2.98. The zero-order chi connectivity index (χ0) is 17.2. The molecule has 0 amide bonds. The van der Waals surface area contributed by atoms with E-state index in [-0.39, 0.29) is 5.82 Å². The minimum atomic E-state index is -0.229. The number of ether oxygens (including phenoxy) is 1. The number of imidazole rings is 1. The molecule has 0 radical (unpaired) electrons. The molecular formula is C21H17FN2O. The molecule has 0 aliphatic carbocycles. The van der Waals surface area contributed by atoms with E-state index in [2.05, 4.69) is 10.6 Å². The molecule has 4 aromatic rings. The summed E-state index contributed by atoms with van der Waals surface area (Å²) in [6.07, 6.45) is 0. The van der Waals surface area contributed by atoms with E-state index in [0.29, 0.717) is 6.54 Å². The van der Waals surface area contributed by atoms with Gasteiger partial charge in [0.15, 0.2) is 0 Å². The topological polar surface area (TPSA) is 27.1 Å². The fourth-order valence-electron chi connectivity index (χ4n) is 2.99. The lowest BCUT2D eigenvalue weighted by Gasteiger charge is -2.10. The van der Waals surface area contributed by atoms with E-state index in [0.717, 1.165) is 33.7 Å². The average Bonchev–Trinajstić information content (AvgIpc) is 3.02. The van der Waals surface area contributed by atoms with Crippen molar-refractivity contribution in [2.75, 3.05) is 7.11 Å². The van der Waals surface area contributed by atoms with Crippen molar-refractivity contribution in [3.63, 3.8) is 0 Å². The molecule has 0 atom stereocenters. The van der Waals surface area contributed by atoms with Gasteiger partial charge in [-0.25, -0.2) is 9.37 Å². The Balaban J connectivity index is 1.87. The molecule has 0 fully saturated rings. The van der Waals surface area contributed by atoms with Gasteiger partial charge in [0.25, 0.3) is 0 Å². The third-order valence-corrected chi connectivity index (χ3v) is 4.24. The maximum atomic E-state index is 13.2.